The third-order valence-corrected chi connectivity index (χ3v) is 2.44. The third-order valence-electron chi connectivity index (χ3n) is 2.23. The first-order valence-electron chi connectivity index (χ1n) is 4.02. The molecule has 1 aromatic rings. The van der Waals surface area contributed by atoms with Gasteiger partial charge in [0.05, 0.1) is 6.10 Å². The number of rotatable bonds is 0. The van der Waals surface area contributed by atoms with E-state index in [4.69, 9.17) is 22.0 Å². The van der Waals surface area contributed by atoms with Crippen LogP contribution < -0.4 is 11.2 Å². The molecule has 0 radical (unpaired) electrons. The van der Waals surface area contributed by atoms with Gasteiger partial charge in [0.15, 0.2) is 0 Å². The van der Waals surface area contributed by atoms with Gasteiger partial charge in [-0.1, -0.05) is 11.6 Å². The molecule has 0 spiro atoms. The Morgan fingerprint density at radius 3 is 3.00 bits per heavy atom. The molecule has 1 aromatic carbocycles. The van der Waals surface area contributed by atoms with Crippen molar-refractivity contribution >= 4 is 29.9 Å². The maximum Gasteiger partial charge on any atom is 0.494 e. The van der Waals surface area contributed by atoms with Gasteiger partial charge in [-0.3, -0.25) is 0 Å². The summed E-state index contributed by atoms with van der Waals surface area (Å²) < 4.78 is 5.18. The molecule has 0 saturated heterocycles. The van der Waals surface area contributed by atoms with Gasteiger partial charge in [0.25, 0.3) is 0 Å². The van der Waals surface area contributed by atoms with Crippen molar-refractivity contribution in [1.29, 1.82) is 0 Å². The van der Waals surface area contributed by atoms with Gasteiger partial charge >= 0.3 is 7.12 Å². The lowest BCUT2D eigenvalue weighted by Gasteiger charge is -2.05. The molecule has 1 aliphatic heterocycles. The maximum atomic E-state index is 9.48. The van der Waals surface area contributed by atoms with Gasteiger partial charge in [-0.05, 0) is 24.6 Å². The Bertz CT molecular complexity index is 358. The van der Waals surface area contributed by atoms with Gasteiger partial charge in [-0.2, -0.15) is 0 Å². The van der Waals surface area contributed by atoms with E-state index in [1.165, 1.54) is 0 Å². The molecule has 2 rings (SSSR count). The van der Waals surface area contributed by atoms with Crippen LogP contribution in [-0.4, -0.2) is 12.1 Å². The van der Waals surface area contributed by atoms with Crippen molar-refractivity contribution in [3.63, 3.8) is 0 Å². The third kappa shape index (κ3) is 1.31. The van der Waals surface area contributed by atoms with Crippen LogP contribution in [0.1, 0.15) is 18.6 Å². The molecule has 0 aromatic heterocycles. The fourth-order valence-electron chi connectivity index (χ4n) is 1.62. The molecule has 0 fully saturated rings. The van der Waals surface area contributed by atoms with E-state index in [0.717, 1.165) is 5.56 Å². The van der Waals surface area contributed by atoms with Crippen molar-refractivity contribution in [3.05, 3.63) is 22.7 Å². The molecule has 0 aliphatic carbocycles. The largest absolute Gasteiger partial charge is 0.494 e. The molecular formula is C8H9BClNO2. The summed E-state index contributed by atoms with van der Waals surface area (Å²) in [6.07, 6.45) is -0.147. The Morgan fingerprint density at radius 1 is 1.62 bits per heavy atom. The molecule has 3 N–H and O–H groups in total. The normalized spacial score (nSPS) is 20.5. The van der Waals surface area contributed by atoms with Crippen LogP contribution in [-0.2, 0) is 4.65 Å². The number of hydrogen-bond acceptors (Lipinski definition) is 3. The highest BCUT2D eigenvalue weighted by molar-refractivity contribution is 6.63. The number of halogens is 1. The highest BCUT2D eigenvalue weighted by Gasteiger charge is 2.34. The van der Waals surface area contributed by atoms with Crippen molar-refractivity contribution in [2.45, 2.75) is 13.0 Å². The fraction of sp³-hybridized carbons (Fsp3) is 0.250. The van der Waals surface area contributed by atoms with Crippen molar-refractivity contribution < 1.29 is 9.68 Å². The van der Waals surface area contributed by atoms with E-state index in [1.54, 1.807) is 12.1 Å². The quantitative estimate of drug-likeness (QED) is 0.475. The Balaban J connectivity index is 2.63. The van der Waals surface area contributed by atoms with Crippen molar-refractivity contribution in [2.24, 2.45) is 0 Å². The van der Waals surface area contributed by atoms with Crippen LogP contribution in [0.25, 0.3) is 0 Å². The standard InChI is InChI=1S/C8H9BClNO2/c1-4-6-2-5(10)3-7(11)8(6)9(12)13-4/h2-4,12H,11H2,1H3. The van der Waals surface area contributed by atoms with E-state index < -0.39 is 7.12 Å². The van der Waals surface area contributed by atoms with Crippen LogP contribution >= 0.6 is 11.6 Å². The number of hydrogen-bond donors (Lipinski definition) is 2. The number of anilines is 1. The SMILES string of the molecule is CC1OB(O)c2c(N)cc(Cl)cc21. The lowest BCUT2D eigenvalue weighted by molar-refractivity contribution is 0.209. The van der Waals surface area contributed by atoms with E-state index in [0.29, 0.717) is 16.2 Å². The molecule has 3 nitrogen and oxygen atoms in total. The Labute approximate surface area is 81.6 Å². The van der Waals surface area contributed by atoms with Gasteiger partial charge in [0, 0.05) is 16.2 Å². The second kappa shape index (κ2) is 2.91. The second-order valence-electron chi connectivity index (χ2n) is 3.13. The molecular weight excluding hydrogens is 188 g/mol. The minimum atomic E-state index is -0.915. The van der Waals surface area contributed by atoms with Crippen LogP contribution in [0.4, 0.5) is 5.69 Å². The monoisotopic (exact) mass is 197 g/mol. The van der Waals surface area contributed by atoms with Crippen molar-refractivity contribution in [2.75, 3.05) is 5.73 Å². The van der Waals surface area contributed by atoms with Crippen LogP contribution in [0.2, 0.25) is 5.02 Å². The average Bonchev–Trinajstić information content (AvgIpc) is 2.27. The summed E-state index contributed by atoms with van der Waals surface area (Å²) in [7, 11) is -0.915. The van der Waals surface area contributed by atoms with Gasteiger partial charge in [0.1, 0.15) is 0 Å². The fourth-order valence-corrected chi connectivity index (χ4v) is 1.85. The smallest absolute Gasteiger partial charge is 0.423 e. The number of nitrogen functional groups attached to an aromatic ring is 1. The van der Waals surface area contributed by atoms with Gasteiger partial charge in [-0.25, -0.2) is 0 Å². The molecule has 0 bridgehead atoms. The topological polar surface area (TPSA) is 55.5 Å². The first kappa shape index (κ1) is 8.87. The van der Waals surface area contributed by atoms with Gasteiger partial charge in [-0.15, -0.1) is 0 Å². The van der Waals surface area contributed by atoms with Crippen LogP contribution in [0.5, 0.6) is 0 Å². The Morgan fingerprint density at radius 2 is 2.31 bits per heavy atom. The summed E-state index contributed by atoms with van der Waals surface area (Å²) in [4.78, 5) is 0. The summed E-state index contributed by atoms with van der Waals surface area (Å²) in [5.41, 5.74) is 7.71. The molecule has 1 heterocycles. The minimum absolute atomic E-state index is 0.147. The maximum absolute atomic E-state index is 9.48. The number of nitrogens with two attached hydrogens (primary N) is 1. The number of benzene rings is 1. The molecule has 0 saturated carbocycles. The highest BCUT2D eigenvalue weighted by atomic mass is 35.5. The zero-order valence-electron chi connectivity index (χ0n) is 7.12. The summed E-state index contributed by atoms with van der Waals surface area (Å²) in [6, 6.07) is 3.39. The van der Waals surface area contributed by atoms with Crippen LogP contribution in [0.15, 0.2) is 12.1 Å². The summed E-state index contributed by atoms with van der Waals surface area (Å²) in [5.74, 6) is 0. The average molecular weight is 197 g/mol. The summed E-state index contributed by atoms with van der Waals surface area (Å²) in [6.45, 7) is 1.85. The van der Waals surface area contributed by atoms with E-state index in [-0.39, 0.29) is 6.10 Å². The highest BCUT2D eigenvalue weighted by Crippen LogP contribution is 2.28. The summed E-state index contributed by atoms with van der Waals surface area (Å²) in [5, 5.41) is 10.0. The Hall–Kier alpha value is -0.705. The van der Waals surface area contributed by atoms with Crippen LogP contribution in [0, 0.1) is 0 Å². The lowest BCUT2D eigenvalue weighted by atomic mass is 9.78. The zero-order valence-corrected chi connectivity index (χ0v) is 7.88. The van der Waals surface area contributed by atoms with Crippen molar-refractivity contribution in [3.8, 4) is 0 Å². The van der Waals surface area contributed by atoms with E-state index in [9.17, 15) is 5.02 Å². The van der Waals surface area contributed by atoms with Gasteiger partial charge in [0.2, 0.25) is 0 Å². The van der Waals surface area contributed by atoms with E-state index in [1.807, 2.05) is 6.92 Å². The first-order chi connectivity index (χ1) is 6.09. The first-order valence-corrected chi connectivity index (χ1v) is 4.39. The molecule has 1 atom stereocenters. The lowest BCUT2D eigenvalue weighted by Crippen LogP contribution is -2.30. The minimum Gasteiger partial charge on any atom is -0.423 e. The predicted molar refractivity (Wildman–Crippen MR) is 53.0 cm³/mol. The Kier molecular flexibility index (Phi) is 1.98. The molecule has 5 heteroatoms. The van der Waals surface area contributed by atoms with Crippen LogP contribution in [0.3, 0.4) is 0 Å². The molecule has 0 amide bonds. The summed E-state index contributed by atoms with van der Waals surface area (Å²) >= 11 is 5.82. The van der Waals surface area contributed by atoms with Crippen molar-refractivity contribution in [1.82, 2.24) is 0 Å². The predicted octanol–water partition coefficient (Wildman–Crippen LogP) is 0.701. The number of fused-ring (bicyclic) bond motifs is 1. The molecule has 1 aliphatic rings. The molecule has 68 valence electrons. The van der Waals surface area contributed by atoms with E-state index >= 15 is 0 Å². The zero-order chi connectivity index (χ0) is 9.59. The van der Waals surface area contributed by atoms with E-state index in [2.05, 4.69) is 0 Å². The molecule has 13 heavy (non-hydrogen) atoms. The second-order valence-corrected chi connectivity index (χ2v) is 3.57. The molecule has 1 unspecified atom stereocenters. The van der Waals surface area contributed by atoms with Gasteiger partial charge < -0.3 is 15.4 Å².